The Hall–Kier alpha value is -3.50. The van der Waals surface area contributed by atoms with E-state index in [1.165, 1.54) is 43.3 Å². The highest BCUT2D eigenvalue weighted by molar-refractivity contribution is 7.98. The molecular weight excluding hydrogens is 533 g/mol. The van der Waals surface area contributed by atoms with Crippen LogP contribution in [0.1, 0.15) is 0 Å². The van der Waals surface area contributed by atoms with Gasteiger partial charge in [0.1, 0.15) is 18.0 Å². The number of rotatable bonds is 7. The second-order valence-electron chi connectivity index (χ2n) is 6.54. The maximum Gasteiger partial charge on any atom is 0.490 e. The zero-order valence-electron chi connectivity index (χ0n) is 18.4. The summed E-state index contributed by atoms with van der Waals surface area (Å²) in [6, 6.07) is 9.68. The number of nitrogens with zero attached hydrogens (tertiary/aromatic N) is 2. The Morgan fingerprint density at radius 3 is 2.11 bits per heavy atom. The number of hydrogen-bond donors (Lipinski definition) is 4. The van der Waals surface area contributed by atoms with Gasteiger partial charge < -0.3 is 15.7 Å². The molecule has 0 aliphatic carbocycles. The van der Waals surface area contributed by atoms with E-state index >= 15 is 0 Å². The minimum atomic E-state index is -5.08. The van der Waals surface area contributed by atoms with Crippen molar-refractivity contribution in [1.29, 1.82) is 0 Å². The van der Waals surface area contributed by atoms with Crippen LogP contribution in [-0.4, -0.2) is 48.9 Å². The molecule has 0 aliphatic heterocycles. The van der Waals surface area contributed by atoms with Gasteiger partial charge in [-0.3, -0.25) is 0 Å². The van der Waals surface area contributed by atoms with E-state index in [0.717, 1.165) is 17.0 Å². The molecule has 0 bridgehead atoms. The van der Waals surface area contributed by atoms with Gasteiger partial charge >= 0.3 is 12.1 Å². The van der Waals surface area contributed by atoms with Gasteiger partial charge in [0.25, 0.3) is 0 Å². The summed E-state index contributed by atoms with van der Waals surface area (Å²) in [6.07, 6.45) is -1.93. The molecule has 0 amide bonds. The molecule has 4 N–H and O–H groups in total. The number of alkyl halides is 3. The predicted octanol–water partition coefficient (Wildman–Crippen LogP) is 4.51. The number of sulfonamides is 1. The molecule has 0 saturated heterocycles. The van der Waals surface area contributed by atoms with E-state index in [4.69, 9.17) is 9.90 Å². The van der Waals surface area contributed by atoms with Crippen LogP contribution >= 0.6 is 11.8 Å². The second-order valence-corrected chi connectivity index (χ2v) is 9.27. The first kappa shape index (κ1) is 28.7. The number of thioether (sulfide) groups is 1. The van der Waals surface area contributed by atoms with E-state index in [1.807, 2.05) is 6.26 Å². The van der Waals surface area contributed by atoms with Gasteiger partial charge in [0, 0.05) is 22.7 Å². The smallest absolute Gasteiger partial charge is 0.475 e. The van der Waals surface area contributed by atoms with Crippen molar-refractivity contribution in [2.24, 2.45) is 0 Å². The van der Waals surface area contributed by atoms with Crippen LogP contribution in [0.4, 0.5) is 45.0 Å². The maximum absolute atomic E-state index is 13.4. The van der Waals surface area contributed by atoms with Crippen LogP contribution in [0.3, 0.4) is 0 Å². The molecule has 0 saturated carbocycles. The highest BCUT2D eigenvalue weighted by Gasteiger charge is 2.38. The number of carboxylic acid groups (broad SMARTS) is 1. The minimum absolute atomic E-state index is 0.106. The molecule has 0 spiro atoms. The number of hydrogen-bond acceptors (Lipinski definition) is 8. The van der Waals surface area contributed by atoms with Gasteiger partial charge in [0.05, 0.1) is 10.6 Å². The molecule has 3 rings (SSSR count). The lowest BCUT2D eigenvalue weighted by Crippen LogP contribution is -2.21. The summed E-state index contributed by atoms with van der Waals surface area (Å²) < 4.78 is 84.6. The van der Waals surface area contributed by atoms with Crippen molar-refractivity contribution >= 4 is 50.8 Å². The largest absolute Gasteiger partial charge is 0.490 e. The molecule has 1 aromatic heterocycles. The lowest BCUT2D eigenvalue weighted by molar-refractivity contribution is -0.192. The predicted molar refractivity (Wildman–Crippen MR) is 123 cm³/mol. The Balaban J connectivity index is 0.000000572. The molecule has 3 aromatic rings. The standard InChI is InChI=1S/C18H17F2N5O2S2.C2HF3O2/c1-21-29(26,27)12-4-6-16(28-2)15(8-12)25-18-9-17(22-10-23-18)24-11-3-5-13(19)14(20)7-11;3-2(4,5)1(6)7/h3-10,21H,1-2H3,(H2,22,23,24,25);(H,6,7). The van der Waals surface area contributed by atoms with Crippen LogP contribution in [0.15, 0.2) is 58.6 Å². The fraction of sp³-hybridized carbons (Fsp3) is 0.150. The Morgan fingerprint density at radius 2 is 1.58 bits per heavy atom. The summed E-state index contributed by atoms with van der Waals surface area (Å²) >= 11 is 1.44. The summed E-state index contributed by atoms with van der Waals surface area (Å²) in [4.78, 5) is 18.0. The van der Waals surface area contributed by atoms with Crippen molar-refractivity contribution in [3.63, 3.8) is 0 Å². The highest BCUT2D eigenvalue weighted by Crippen LogP contribution is 2.30. The van der Waals surface area contributed by atoms with Crippen molar-refractivity contribution in [3.05, 3.63) is 60.4 Å². The van der Waals surface area contributed by atoms with E-state index in [-0.39, 0.29) is 4.90 Å². The van der Waals surface area contributed by atoms with Crippen molar-refractivity contribution in [1.82, 2.24) is 14.7 Å². The number of halogens is 5. The summed E-state index contributed by atoms with van der Waals surface area (Å²) in [5.41, 5.74) is 0.867. The van der Waals surface area contributed by atoms with E-state index in [9.17, 15) is 30.4 Å². The zero-order chi connectivity index (χ0) is 27.1. The Labute approximate surface area is 206 Å². The number of anilines is 4. The molecule has 0 atom stereocenters. The Bertz CT molecular complexity index is 1340. The molecule has 1 heterocycles. The average molecular weight is 552 g/mol. The monoisotopic (exact) mass is 551 g/mol. The molecule has 0 fully saturated rings. The van der Waals surface area contributed by atoms with Gasteiger partial charge in [-0.15, -0.1) is 11.8 Å². The first-order valence-corrected chi connectivity index (χ1v) is 12.2. The average Bonchev–Trinajstić information content (AvgIpc) is 2.81. The van der Waals surface area contributed by atoms with Crippen LogP contribution < -0.4 is 15.4 Å². The van der Waals surface area contributed by atoms with Crippen molar-refractivity contribution in [2.75, 3.05) is 23.9 Å². The number of carboxylic acids is 1. The van der Waals surface area contributed by atoms with Gasteiger partial charge in [0.15, 0.2) is 11.6 Å². The third kappa shape index (κ3) is 8.03. The van der Waals surface area contributed by atoms with Crippen LogP contribution in [0.2, 0.25) is 0 Å². The van der Waals surface area contributed by atoms with E-state index in [0.29, 0.717) is 23.0 Å². The molecule has 0 radical (unpaired) electrons. The molecular formula is C20H18F5N5O4S2. The molecule has 2 aromatic carbocycles. The zero-order valence-corrected chi connectivity index (χ0v) is 20.0. The molecule has 0 unspecified atom stereocenters. The summed E-state index contributed by atoms with van der Waals surface area (Å²) in [5.74, 6) is -3.94. The number of aliphatic carboxylic acids is 1. The molecule has 36 heavy (non-hydrogen) atoms. The van der Waals surface area contributed by atoms with Crippen molar-refractivity contribution < 1.29 is 40.3 Å². The van der Waals surface area contributed by atoms with Gasteiger partial charge in [0.2, 0.25) is 10.0 Å². The third-order valence-electron chi connectivity index (χ3n) is 4.11. The lowest BCUT2D eigenvalue weighted by atomic mass is 10.3. The van der Waals surface area contributed by atoms with Crippen LogP contribution in [0, 0.1) is 11.6 Å². The summed E-state index contributed by atoms with van der Waals surface area (Å²) in [7, 11) is -2.27. The summed E-state index contributed by atoms with van der Waals surface area (Å²) in [5, 5.41) is 13.1. The summed E-state index contributed by atoms with van der Waals surface area (Å²) in [6.45, 7) is 0. The number of aromatic nitrogens is 2. The quantitative estimate of drug-likeness (QED) is 0.247. The Morgan fingerprint density at radius 1 is 0.972 bits per heavy atom. The molecule has 0 aliphatic rings. The van der Waals surface area contributed by atoms with Crippen LogP contribution in [0.5, 0.6) is 0 Å². The SMILES string of the molecule is CNS(=O)(=O)c1ccc(SC)c(Nc2cc(Nc3ccc(F)c(F)c3)ncn2)c1.O=C(O)C(F)(F)F. The fourth-order valence-electron chi connectivity index (χ4n) is 2.42. The second kappa shape index (κ2) is 12.0. The van der Waals surface area contributed by atoms with E-state index < -0.39 is 33.8 Å². The molecule has 194 valence electrons. The number of carbonyl (C=O) groups is 1. The van der Waals surface area contributed by atoms with Gasteiger partial charge in [-0.25, -0.2) is 36.7 Å². The topological polar surface area (TPSA) is 133 Å². The van der Waals surface area contributed by atoms with Crippen LogP contribution in [0.25, 0.3) is 0 Å². The number of nitrogens with one attached hydrogen (secondary N) is 3. The van der Waals surface area contributed by atoms with Gasteiger partial charge in [-0.2, -0.15) is 13.2 Å². The van der Waals surface area contributed by atoms with Crippen molar-refractivity contribution in [3.8, 4) is 0 Å². The van der Waals surface area contributed by atoms with Crippen molar-refractivity contribution in [2.45, 2.75) is 16.0 Å². The normalized spacial score (nSPS) is 11.3. The third-order valence-corrected chi connectivity index (χ3v) is 6.32. The highest BCUT2D eigenvalue weighted by atomic mass is 32.2. The maximum atomic E-state index is 13.4. The first-order chi connectivity index (χ1) is 16.8. The lowest BCUT2D eigenvalue weighted by Gasteiger charge is -2.13. The van der Waals surface area contributed by atoms with Gasteiger partial charge in [-0.05, 0) is 43.6 Å². The number of benzene rings is 2. The van der Waals surface area contributed by atoms with Gasteiger partial charge in [-0.1, -0.05) is 0 Å². The van der Waals surface area contributed by atoms with E-state index in [2.05, 4.69) is 25.3 Å². The van der Waals surface area contributed by atoms with E-state index in [1.54, 1.807) is 12.1 Å². The molecule has 16 heteroatoms. The molecule has 9 nitrogen and oxygen atoms in total. The minimum Gasteiger partial charge on any atom is -0.475 e. The fourth-order valence-corrected chi connectivity index (χ4v) is 3.71. The Kier molecular flexibility index (Phi) is 9.55. The first-order valence-electron chi connectivity index (χ1n) is 9.49. The van der Waals surface area contributed by atoms with Crippen LogP contribution in [-0.2, 0) is 14.8 Å².